The van der Waals surface area contributed by atoms with Crippen molar-refractivity contribution < 1.29 is 19.2 Å². The molecule has 0 aromatic heterocycles. The van der Waals surface area contributed by atoms with Crippen LogP contribution >= 0.6 is 19.6 Å². The molecule has 0 aliphatic carbocycles. The third-order valence-electron chi connectivity index (χ3n) is 0. The van der Waals surface area contributed by atoms with Crippen LogP contribution in [0.4, 0.5) is 0 Å². The summed E-state index contributed by atoms with van der Waals surface area (Å²) in [5.41, 5.74) is 0. The Hall–Kier alpha value is 0.360. The molecule has 0 heterocycles. The fourth-order valence-corrected chi connectivity index (χ4v) is 0. The topological polar surface area (TPSA) is 89.8 Å². The number of phosphoric acid groups is 1. The van der Waals surface area contributed by atoms with E-state index in [1.807, 2.05) is 0 Å². The summed E-state index contributed by atoms with van der Waals surface area (Å²) in [7, 11) is -3.00. The standard InChI is InChI=1S/CH4ClN.H3O4P/c1-3-2;1-5(2,3)4/h3H,1H3;(H3,1,2,3,4). The minimum absolute atomic E-state index is 1.64. The van der Waals surface area contributed by atoms with Gasteiger partial charge in [-0.3, -0.25) is 0 Å². The van der Waals surface area contributed by atoms with Crippen molar-refractivity contribution in [2.75, 3.05) is 7.05 Å². The largest absolute Gasteiger partial charge is 0.466 e. The van der Waals surface area contributed by atoms with Crippen LogP contribution in [0.3, 0.4) is 0 Å². The van der Waals surface area contributed by atoms with Crippen molar-refractivity contribution in [1.29, 1.82) is 0 Å². The van der Waals surface area contributed by atoms with Crippen LogP contribution in [0.25, 0.3) is 0 Å². The summed E-state index contributed by atoms with van der Waals surface area (Å²) in [6.45, 7) is 0. The lowest BCUT2D eigenvalue weighted by atomic mass is 11.6. The number of rotatable bonds is 0. The highest BCUT2D eigenvalue weighted by Crippen LogP contribution is 2.25. The normalized spacial score (nSPS) is 9.62. The Labute approximate surface area is 51.6 Å². The smallest absolute Gasteiger partial charge is 0.303 e. The number of nitrogens with one attached hydrogen (secondary N) is 1. The van der Waals surface area contributed by atoms with Crippen molar-refractivity contribution in [1.82, 2.24) is 4.84 Å². The van der Waals surface area contributed by atoms with Crippen LogP contribution in [-0.2, 0) is 4.57 Å². The molecular formula is CH7ClNO4P. The molecule has 4 N–H and O–H groups in total. The van der Waals surface area contributed by atoms with Crippen LogP contribution < -0.4 is 4.84 Å². The summed E-state index contributed by atoms with van der Waals surface area (Å²) in [4.78, 5) is 23.8. The van der Waals surface area contributed by atoms with E-state index in [2.05, 4.69) is 4.84 Å². The maximum absolute atomic E-state index is 8.88. The molecular weight excluding hydrogens is 156 g/mol. The zero-order chi connectivity index (χ0) is 7.21. The summed E-state index contributed by atoms with van der Waals surface area (Å²) < 4.78 is 8.88. The monoisotopic (exact) mass is 163 g/mol. The molecule has 0 fully saturated rings. The average molecular weight is 163 g/mol. The van der Waals surface area contributed by atoms with Gasteiger partial charge in [0.15, 0.2) is 0 Å². The molecule has 0 aromatic carbocycles. The minimum Gasteiger partial charge on any atom is -0.303 e. The fourth-order valence-electron chi connectivity index (χ4n) is 0. The predicted molar refractivity (Wildman–Crippen MR) is 29.2 cm³/mol. The lowest BCUT2D eigenvalue weighted by molar-refractivity contribution is 0.275. The minimum atomic E-state index is -4.64. The second-order valence-electron chi connectivity index (χ2n) is 0.702. The van der Waals surface area contributed by atoms with E-state index in [9.17, 15) is 0 Å². The van der Waals surface area contributed by atoms with E-state index < -0.39 is 7.82 Å². The van der Waals surface area contributed by atoms with E-state index in [0.29, 0.717) is 0 Å². The number of hydrogen-bond acceptors (Lipinski definition) is 2. The lowest BCUT2D eigenvalue weighted by Gasteiger charge is -1.82. The molecule has 0 saturated carbocycles. The second kappa shape index (κ2) is 5.50. The van der Waals surface area contributed by atoms with Gasteiger partial charge in [0.25, 0.3) is 0 Å². The van der Waals surface area contributed by atoms with Crippen molar-refractivity contribution in [2.24, 2.45) is 0 Å². The molecule has 52 valence electrons. The van der Waals surface area contributed by atoms with Gasteiger partial charge in [0.2, 0.25) is 0 Å². The highest BCUT2D eigenvalue weighted by molar-refractivity contribution is 7.45. The molecule has 7 heteroatoms. The molecule has 5 nitrogen and oxygen atoms in total. The zero-order valence-corrected chi connectivity index (χ0v) is 5.73. The first-order valence-corrected chi connectivity index (χ1v) is 3.41. The third-order valence-corrected chi connectivity index (χ3v) is 0. The summed E-state index contributed by atoms with van der Waals surface area (Å²) in [5, 5.41) is 0. The van der Waals surface area contributed by atoms with Gasteiger partial charge in [-0.25, -0.2) is 9.40 Å². The van der Waals surface area contributed by atoms with Gasteiger partial charge < -0.3 is 14.7 Å². The first kappa shape index (κ1) is 11.2. The quantitative estimate of drug-likeness (QED) is 0.284. The number of hydrogen-bond donors (Lipinski definition) is 4. The van der Waals surface area contributed by atoms with Gasteiger partial charge in [0, 0.05) is 0 Å². The molecule has 8 heavy (non-hydrogen) atoms. The van der Waals surface area contributed by atoms with Crippen LogP contribution in [0.15, 0.2) is 0 Å². The van der Waals surface area contributed by atoms with Crippen molar-refractivity contribution in [2.45, 2.75) is 0 Å². The Morgan fingerprint density at radius 1 is 1.50 bits per heavy atom. The molecule has 0 saturated heterocycles. The first-order valence-electron chi connectivity index (χ1n) is 1.47. The van der Waals surface area contributed by atoms with Crippen molar-refractivity contribution in [3.8, 4) is 0 Å². The Morgan fingerprint density at radius 2 is 1.50 bits per heavy atom. The molecule has 0 bridgehead atoms. The Kier molecular flexibility index (Phi) is 7.69. The van der Waals surface area contributed by atoms with Gasteiger partial charge in [-0.15, -0.1) is 0 Å². The van der Waals surface area contributed by atoms with Gasteiger partial charge in [-0.2, -0.15) is 0 Å². The van der Waals surface area contributed by atoms with Crippen LogP contribution in [0.5, 0.6) is 0 Å². The molecule has 0 radical (unpaired) electrons. The molecule has 0 spiro atoms. The van der Waals surface area contributed by atoms with Gasteiger partial charge in [-0.1, -0.05) is 0 Å². The summed E-state index contributed by atoms with van der Waals surface area (Å²) in [6.07, 6.45) is 0. The molecule has 0 atom stereocenters. The summed E-state index contributed by atoms with van der Waals surface area (Å²) in [5.74, 6) is 0. The van der Waals surface area contributed by atoms with E-state index in [0.717, 1.165) is 0 Å². The van der Waals surface area contributed by atoms with E-state index >= 15 is 0 Å². The molecule has 0 aliphatic rings. The van der Waals surface area contributed by atoms with E-state index in [-0.39, 0.29) is 0 Å². The predicted octanol–water partition coefficient (Wildman–Crippen LogP) is -0.569. The molecule has 0 aromatic rings. The average Bonchev–Trinajstić information content (AvgIpc) is 1.27. The van der Waals surface area contributed by atoms with Crippen molar-refractivity contribution in [3.05, 3.63) is 0 Å². The molecule has 0 amide bonds. The van der Waals surface area contributed by atoms with Crippen molar-refractivity contribution >= 4 is 19.6 Å². The van der Waals surface area contributed by atoms with E-state index in [4.69, 9.17) is 31.0 Å². The maximum atomic E-state index is 8.88. The summed E-state index contributed by atoms with van der Waals surface area (Å²) in [6, 6.07) is 0. The number of halogens is 1. The highest BCUT2D eigenvalue weighted by atomic mass is 35.5. The van der Waals surface area contributed by atoms with Gasteiger partial charge in [-0.05, 0) is 18.8 Å². The molecule has 0 aliphatic heterocycles. The van der Waals surface area contributed by atoms with Crippen LogP contribution in [0, 0.1) is 0 Å². The van der Waals surface area contributed by atoms with Crippen LogP contribution in [0.2, 0.25) is 0 Å². The highest BCUT2D eigenvalue weighted by Gasteiger charge is 2.00. The Bertz CT molecular complexity index is 71.8. The van der Waals surface area contributed by atoms with E-state index in [1.54, 1.807) is 7.05 Å². The van der Waals surface area contributed by atoms with Gasteiger partial charge in [0.05, 0.1) is 0 Å². The summed E-state index contributed by atoms with van der Waals surface area (Å²) >= 11 is 4.75. The zero-order valence-electron chi connectivity index (χ0n) is 4.08. The molecule has 0 unspecified atom stereocenters. The Morgan fingerprint density at radius 3 is 1.50 bits per heavy atom. The second-order valence-corrected chi connectivity index (χ2v) is 2.11. The van der Waals surface area contributed by atoms with Gasteiger partial charge >= 0.3 is 7.82 Å². The molecule has 0 rings (SSSR count). The van der Waals surface area contributed by atoms with Gasteiger partial charge in [0.1, 0.15) is 0 Å². The van der Waals surface area contributed by atoms with E-state index in [1.165, 1.54) is 0 Å². The SMILES string of the molecule is CNCl.O=P(O)(O)O. The fraction of sp³-hybridized carbons (Fsp3) is 1.00. The third kappa shape index (κ3) is 1410. The first-order chi connectivity index (χ1) is 3.41. The maximum Gasteiger partial charge on any atom is 0.466 e. The lowest BCUT2D eigenvalue weighted by Crippen LogP contribution is -1.76. The van der Waals surface area contributed by atoms with Crippen LogP contribution in [0.1, 0.15) is 0 Å². The van der Waals surface area contributed by atoms with Crippen molar-refractivity contribution in [3.63, 3.8) is 0 Å². The van der Waals surface area contributed by atoms with Crippen LogP contribution in [-0.4, -0.2) is 21.7 Å². The Balaban J connectivity index is 0.